The molecule has 2 aromatic carbocycles. The maximum atomic E-state index is 12.2. The number of phenolic OH excluding ortho intramolecular Hbond substituents is 1. The summed E-state index contributed by atoms with van der Waals surface area (Å²) in [5.74, 6) is -0.121. The molecule has 0 saturated carbocycles. The Balaban J connectivity index is 1.62. The average Bonchev–Trinajstić information content (AvgIpc) is 2.72. The minimum Gasteiger partial charge on any atom is -0.507 e. The van der Waals surface area contributed by atoms with E-state index in [9.17, 15) is 14.7 Å². The second kappa shape index (κ2) is 9.09. The van der Waals surface area contributed by atoms with Crippen molar-refractivity contribution in [3.05, 3.63) is 48.0 Å². The lowest BCUT2D eigenvalue weighted by molar-refractivity contribution is -0.125. The van der Waals surface area contributed by atoms with Crippen LogP contribution in [-0.2, 0) is 9.59 Å². The van der Waals surface area contributed by atoms with E-state index in [4.69, 9.17) is 4.74 Å². The van der Waals surface area contributed by atoms with Crippen molar-refractivity contribution in [1.29, 1.82) is 0 Å². The van der Waals surface area contributed by atoms with Gasteiger partial charge in [-0.15, -0.1) is 0 Å². The topological polar surface area (TPSA) is 94.5 Å². The number of carbonyl (C=O) groups is 2. The van der Waals surface area contributed by atoms with Gasteiger partial charge in [-0.2, -0.15) is 5.10 Å². The molecule has 0 spiro atoms. The van der Waals surface area contributed by atoms with E-state index in [0.717, 1.165) is 18.8 Å². The number of ether oxygens (including phenoxy) is 1. The Labute approximate surface area is 169 Å². The Morgan fingerprint density at radius 1 is 1.28 bits per heavy atom. The van der Waals surface area contributed by atoms with E-state index in [1.54, 1.807) is 36.4 Å². The molecule has 0 fully saturated rings. The van der Waals surface area contributed by atoms with Gasteiger partial charge < -0.3 is 14.7 Å². The van der Waals surface area contributed by atoms with E-state index in [2.05, 4.69) is 15.4 Å². The first kappa shape index (κ1) is 20.2. The number of nitrogens with one attached hydrogen (secondary N) is 1. The molecule has 0 radical (unpaired) electrons. The highest BCUT2D eigenvalue weighted by Crippen LogP contribution is 2.31. The van der Waals surface area contributed by atoms with Gasteiger partial charge in [0, 0.05) is 30.4 Å². The van der Waals surface area contributed by atoms with Gasteiger partial charge >= 0.3 is 0 Å². The number of anilines is 2. The Kier molecular flexibility index (Phi) is 6.33. The quantitative estimate of drug-likeness (QED) is 0.552. The number of hydrogen-bond donors (Lipinski definition) is 2. The number of carbonyl (C=O) groups excluding carboxylic acids is 2. The highest BCUT2D eigenvalue weighted by Gasteiger charge is 2.26. The van der Waals surface area contributed by atoms with Gasteiger partial charge in [0.2, 0.25) is 0 Å². The molecular formula is C21H24N4O4. The molecule has 1 aliphatic rings. The number of rotatable bonds is 7. The van der Waals surface area contributed by atoms with Crippen LogP contribution in [0.4, 0.5) is 11.4 Å². The van der Waals surface area contributed by atoms with Crippen LogP contribution in [0.1, 0.15) is 19.4 Å². The van der Waals surface area contributed by atoms with Crippen molar-refractivity contribution in [2.75, 3.05) is 36.0 Å². The maximum absolute atomic E-state index is 12.2. The largest absolute Gasteiger partial charge is 0.507 e. The van der Waals surface area contributed by atoms with E-state index in [-0.39, 0.29) is 24.8 Å². The number of hydrazone groups is 1. The van der Waals surface area contributed by atoms with Crippen molar-refractivity contribution in [3.8, 4) is 11.5 Å². The molecule has 2 amide bonds. The van der Waals surface area contributed by atoms with E-state index >= 15 is 0 Å². The monoisotopic (exact) mass is 396 g/mol. The molecule has 0 unspecified atom stereocenters. The first-order chi connectivity index (χ1) is 14.0. The lowest BCUT2D eigenvalue weighted by atomic mass is 10.2. The fraction of sp³-hybridized carbons (Fsp3) is 0.286. The number of benzene rings is 2. The predicted octanol–water partition coefficient (Wildman–Crippen LogP) is 2.11. The third-order valence-electron chi connectivity index (χ3n) is 4.65. The van der Waals surface area contributed by atoms with Gasteiger partial charge in [-0.3, -0.25) is 14.5 Å². The number of amides is 2. The minimum absolute atomic E-state index is 0.0738. The van der Waals surface area contributed by atoms with Crippen LogP contribution in [-0.4, -0.2) is 49.4 Å². The van der Waals surface area contributed by atoms with Gasteiger partial charge in [-0.1, -0.05) is 12.1 Å². The van der Waals surface area contributed by atoms with Crippen LogP contribution in [0, 0.1) is 0 Å². The average molecular weight is 396 g/mol. The summed E-state index contributed by atoms with van der Waals surface area (Å²) in [4.78, 5) is 27.8. The van der Waals surface area contributed by atoms with Gasteiger partial charge in [0.25, 0.3) is 11.8 Å². The number of nitrogens with zero attached hydrogens (tertiary/aromatic N) is 3. The zero-order chi connectivity index (χ0) is 20.8. The molecule has 2 aromatic rings. The van der Waals surface area contributed by atoms with Crippen LogP contribution in [0.3, 0.4) is 0 Å². The Morgan fingerprint density at radius 3 is 2.76 bits per heavy atom. The molecule has 8 nitrogen and oxygen atoms in total. The lowest BCUT2D eigenvalue weighted by Gasteiger charge is -2.28. The summed E-state index contributed by atoms with van der Waals surface area (Å²) >= 11 is 0. The van der Waals surface area contributed by atoms with E-state index in [1.165, 1.54) is 11.1 Å². The summed E-state index contributed by atoms with van der Waals surface area (Å²) in [5, 5.41) is 14.1. The fourth-order valence-electron chi connectivity index (χ4n) is 3.11. The second-order valence-corrected chi connectivity index (χ2v) is 6.44. The third kappa shape index (κ3) is 4.66. The molecule has 1 heterocycles. The molecular weight excluding hydrogens is 372 g/mol. The van der Waals surface area contributed by atoms with E-state index < -0.39 is 5.91 Å². The summed E-state index contributed by atoms with van der Waals surface area (Å²) in [6.45, 7) is 5.47. The van der Waals surface area contributed by atoms with E-state index in [1.807, 2.05) is 19.9 Å². The normalized spacial score (nSPS) is 13.2. The summed E-state index contributed by atoms with van der Waals surface area (Å²) in [6.07, 6.45) is 1.37. The Bertz CT molecular complexity index is 925. The van der Waals surface area contributed by atoms with Crippen molar-refractivity contribution in [3.63, 3.8) is 0 Å². The fourth-order valence-corrected chi connectivity index (χ4v) is 3.11. The molecule has 1 aliphatic heterocycles. The van der Waals surface area contributed by atoms with Gasteiger partial charge in [0.1, 0.15) is 18.0 Å². The minimum atomic E-state index is -0.453. The van der Waals surface area contributed by atoms with Crippen molar-refractivity contribution in [1.82, 2.24) is 5.43 Å². The van der Waals surface area contributed by atoms with Crippen LogP contribution in [0.5, 0.6) is 11.5 Å². The second-order valence-electron chi connectivity index (χ2n) is 6.44. The zero-order valence-corrected chi connectivity index (χ0v) is 16.5. The van der Waals surface area contributed by atoms with Crippen LogP contribution < -0.4 is 20.0 Å². The smallest absolute Gasteiger partial charge is 0.265 e. The third-order valence-corrected chi connectivity index (χ3v) is 4.65. The molecule has 8 heteroatoms. The highest BCUT2D eigenvalue weighted by molar-refractivity contribution is 6.02. The first-order valence-electron chi connectivity index (χ1n) is 9.45. The van der Waals surface area contributed by atoms with Crippen molar-refractivity contribution in [2.45, 2.75) is 13.8 Å². The van der Waals surface area contributed by atoms with Crippen LogP contribution in [0.2, 0.25) is 0 Å². The number of para-hydroxylation sites is 2. The number of fused-ring (bicyclic) bond motifs is 1. The zero-order valence-electron chi connectivity index (χ0n) is 16.5. The number of hydrogen-bond acceptors (Lipinski definition) is 6. The van der Waals surface area contributed by atoms with Crippen molar-refractivity contribution >= 4 is 29.4 Å². The number of aromatic hydroxyl groups is 1. The summed E-state index contributed by atoms with van der Waals surface area (Å²) in [6, 6.07) is 12.3. The van der Waals surface area contributed by atoms with Gasteiger partial charge in [0.05, 0.1) is 11.9 Å². The molecule has 0 bridgehead atoms. The van der Waals surface area contributed by atoms with Gasteiger partial charge in [0.15, 0.2) is 6.61 Å². The van der Waals surface area contributed by atoms with Crippen molar-refractivity contribution < 1.29 is 19.4 Å². The van der Waals surface area contributed by atoms with Crippen molar-refractivity contribution in [2.24, 2.45) is 5.10 Å². The van der Waals surface area contributed by atoms with Crippen LogP contribution in [0.15, 0.2) is 47.6 Å². The summed E-state index contributed by atoms with van der Waals surface area (Å²) in [7, 11) is 0. The Morgan fingerprint density at radius 2 is 2.03 bits per heavy atom. The van der Waals surface area contributed by atoms with Crippen LogP contribution >= 0.6 is 0 Å². The molecule has 29 heavy (non-hydrogen) atoms. The predicted molar refractivity (Wildman–Crippen MR) is 112 cm³/mol. The maximum Gasteiger partial charge on any atom is 0.265 e. The molecule has 152 valence electrons. The Hall–Kier alpha value is -3.55. The SMILES string of the molecule is CCN(CC)c1ccc(/C=N/NC(=O)CN2C(=O)COc3ccccc32)c(O)c1. The van der Waals surface area contributed by atoms with Gasteiger partial charge in [-0.05, 0) is 38.1 Å². The molecule has 2 N–H and O–H groups in total. The molecule has 0 aliphatic carbocycles. The summed E-state index contributed by atoms with van der Waals surface area (Å²) in [5.41, 5.74) is 4.34. The first-order valence-corrected chi connectivity index (χ1v) is 9.45. The molecule has 0 saturated heterocycles. The van der Waals surface area contributed by atoms with Crippen LogP contribution in [0.25, 0.3) is 0 Å². The standard InChI is InChI=1S/C21H24N4O4/c1-3-24(4-2)16-10-9-15(18(26)11-16)12-22-23-20(27)13-25-17-7-5-6-8-19(17)29-14-21(25)28/h5-12,26H,3-4,13-14H2,1-2H3,(H,23,27)/b22-12+. The number of phenols is 1. The van der Waals surface area contributed by atoms with Gasteiger partial charge in [-0.25, -0.2) is 5.43 Å². The highest BCUT2D eigenvalue weighted by atomic mass is 16.5. The lowest BCUT2D eigenvalue weighted by Crippen LogP contribution is -2.44. The molecule has 0 atom stereocenters. The molecule has 3 rings (SSSR count). The summed E-state index contributed by atoms with van der Waals surface area (Å²) < 4.78 is 5.36. The van der Waals surface area contributed by atoms with E-state index in [0.29, 0.717) is 17.0 Å². The molecule has 0 aromatic heterocycles.